The molecule has 0 bridgehead atoms. The summed E-state index contributed by atoms with van der Waals surface area (Å²) < 4.78 is 1.76. The first kappa shape index (κ1) is 8.80. The van der Waals surface area contributed by atoms with E-state index in [1.807, 2.05) is 19.0 Å². The van der Waals surface area contributed by atoms with Gasteiger partial charge >= 0.3 is 0 Å². The highest BCUT2D eigenvalue weighted by Crippen LogP contribution is 2.19. The summed E-state index contributed by atoms with van der Waals surface area (Å²) in [4.78, 5) is 1.97. The molecule has 5 heteroatoms. The quantitative estimate of drug-likeness (QED) is 0.746. The number of likely N-dealkylation sites (N-methyl/N-ethyl adjacent to an activating group) is 1. The van der Waals surface area contributed by atoms with Crippen LogP contribution in [0.2, 0.25) is 0 Å². The Hall–Kier alpha value is -1.78. The summed E-state index contributed by atoms with van der Waals surface area (Å²) in [5, 5.41) is 7.81. The fourth-order valence-electron chi connectivity index (χ4n) is 1.43. The zero-order valence-corrected chi connectivity index (χ0v) is 8.31. The molecule has 2 rings (SSSR count). The van der Waals surface area contributed by atoms with Gasteiger partial charge in [0, 0.05) is 19.8 Å². The molecule has 0 radical (unpaired) electrons. The predicted octanol–water partition coefficient (Wildman–Crippen LogP) is 0.677. The lowest BCUT2D eigenvalue weighted by Gasteiger charge is -2.17. The molecule has 0 saturated heterocycles. The minimum absolute atomic E-state index is 0.425. The van der Waals surface area contributed by atoms with E-state index in [1.165, 1.54) is 0 Å². The van der Waals surface area contributed by atoms with E-state index in [0.29, 0.717) is 5.95 Å². The standard InChI is InChI=1S/C9H13N5/c1-13(7-5-3-4-6-7)9-12-11-8(10)14(9)2/h3,5-6H,4H2,1-2H3,(H2,10,11). The van der Waals surface area contributed by atoms with Gasteiger partial charge in [-0.1, -0.05) is 12.2 Å². The van der Waals surface area contributed by atoms with Crippen molar-refractivity contribution < 1.29 is 0 Å². The number of hydrogen-bond acceptors (Lipinski definition) is 4. The van der Waals surface area contributed by atoms with Crippen LogP contribution < -0.4 is 10.6 Å². The summed E-state index contributed by atoms with van der Waals surface area (Å²) >= 11 is 0. The largest absolute Gasteiger partial charge is 0.368 e. The Labute approximate surface area is 82.5 Å². The highest BCUT2D eigenvalue weighted by atomic mass is 15.4. The van der Waals surface area contributed by atoms with Crippen molar-refractivity contribution in [3.8, 4) is 0 Å². The highest BCUT2D eigenvalue weighted by molar-refractivity contribution is 5.48. The summed E-state index contributed by atoms with van der Waals surface area (Å²) in [5.74, 6) is 1.18. The molecule has 74 valence electrons. The Morgan fingerprint density at radius 3 is 2.79 bits per heavy atom. The second-order valence-corrected chi connectivity index (χ2v) is 3.24. The van der Waals surface area contributed by atoms with Crippen LogP contribution >= 0.6 is 0 Å². The second kappa shape index (κ2) is 3.17. The van der Waals surface area contributed by atoms with E-state index in [1.54, 1.807) is 4.57 Å². The first-order valence-corrected chi connectivity index (χ1v) is 4.45. The van der Waals surface area contributed by atoms with Crippen LogP contribution in [0.4, 0.5) is 11.9 Å². The van der Waals surface area contributed by atoms with Crippen molar-refractivity contribution in [2.75, 3.05) is 17.7 Å². The molecule has 0 spiro atoms. The minimum Gasteiger partial charge on any atom is -0.368 e. The fraction of sp³-hybridized carbons (Fsp3) is 0.333. The molecule has 1 aliphatic carbocycles. The molecule has 0 atom stereocenters. The third-order valence-electron chi connectivity index (χ3n) is 2.32. The molecule has 0 aromatic carbocycles. The summed E-state index contributed by atoms with van der Waals surface area (Å²) in [6.07, 6.45) is 7.27. The molecule has 0 unspecified atom stereocenters. The summed E-state index contributed by atoms with van der Waals surface area (Å²) in [7, 11) is 3.80. The van der Waals surface area contributed by atoms with E-state index in [2.05, 4.69) is 28.4 Å². The van der Waals surface area contributed by atoms with Gasteiger partial charge in [0.05, 0.1) is 0 Å². The molecule has 0 amide bonds. The Kier molecular flexibility index (Phi) is 1.99. The van der Waals surface area contributed by atoms with E-state index in [9.17, 15) is 0 Å². The lowest BCUT2D eigenvalue weighted by atomic mass is 10.4. The number of anilines is 2. The van der Waals surface area contributed by atoms with Crippen LogP contribution in [0.5, 0.6) is 0 Å². The number of aromatic nitrogens is 3. The van der Waals surface area contributed by atoms with Crippen LogP contribution in [0, 0.1) is 0 Å². The highest BCUT2D eigenvalue weighted by Gasteiger charge is 2.13. The smallest absolute Gasteiger partial charge is 0.232 e. The van der Waals surface area contributed by atoms with Crippen molar-refractivity contribution >= 4 is 11.9 Å². The van der Waals surface area contributed by atoms with Crippen LogP contribution in [0.1, 0.15) is 6.42 Å². The number of rotatable bonds is 2. The lowest BCUT2D eigenvalue weighted by molar-refractivity contribution is 0.880. The van der Waals surface area contributed by atoms with Gasteiger partial charge < -0.3 is 10.6 Å². The van der Waals surface area contributed by atoms with Crippen LogP contribution in [-0.2, 0) is 7.05 Å². The normalized spacial score (nSPS) is 14.6. The Morgan fingerprint density at radius 2 is 2.29 bits per heavy atom. The van der Waals surface area contributed by atoms with Crippen molar-refractivity contribution in [3.05, 3.63) is 23.9 Å². The molecule has 0 fully saturated rings. The molecule has 0 aliphatic heterocycles. The Balaban J connectivity index is 2.31. The van der Waals surface area contributed by atoms with Gasteiger partial charge in [-0.05, 0) is 12.5 Å². The molecule has 14 heavy (non-hydrogen) atoms. The molecular weight excluding hydrogens is 178 g/mol. The molecule has 0 saturated carbocycles. The van der Waals surface area contributed by atoms with Gasteiger partial charge in [0.2, 0.25) is 11.9 Å². The SMILES string of the molecule is CN(C1=CCC=C1)c1nnc(N)n1C. The first-order chi connectivity index (χ1) is 6.70. The number of nitrogen functional groups attached to an aromatic ring is 1. The van der Waals surface area contributed by atoms with Crippen LogP contribution in [0.3, 0.4) is 0 Å². The van der Waals surface area contributed by atoms with Gasteiger partial charge in [0.15, 0.2) is 0 Å². The molecule has 1 heterocycles. The molecule has 1 aromatic heterocycles. The fourth-order valence-corrected chi connectivity index (χ4v) is 1.43. The van der Waals surface area contributed by atoms with Crippen molar-refractivity contribution in [2.45, 2.75) is 6.42 Å². The van der Waals surface area contributed by atoms with Gasteiger partial charge in [0.25, 0.3) is 0 Å². The van der Waals surface area contributed by atoms with E-state index >= 15 is 0 Å². The third kappa shape index (κ3) is 1.26. The number of nitrogens with zero attached hydrogens (tertiary/aromatic N) is 4. The number of allylic oxidation sites excluding steroid dienone is 3. The van der Waals surface area contributed by atoms with Gasteiger partial charge in [-0.2, -0.15) is 0 Å². The average molecular weight is 191 g/mol. The maximum absolute atomic E-state index is 5.60. The van der Waals surface area contributed by atoms with Gasteiger partial charge in [-0.3, -0.25) is 4.57 Å². The third-order valence-corrected chi connectivity index (χ3v) is 2.32. The van der Waals surface area contributed by atoms with Crippen molar-refractivity contribution in [1.29, 1.82) is 0 Å². The minimum atomic E-state index is 0.425. The summed E-state index contributed by atoms with van der Waals surface area (Å²) in [5.41, 5.74) is 6.73. The summed E-state index contributed by atoms with van der Waals surface area (Å²) in [6, 6.07) is 0. The lowest BCUT2D eigenvalue weighted by Crippen LogP contribution is -2.18. The maximum Gasteiger partial charge on any atom is 0.232 e. The van der Waals surface area contributed by atoms with Crippen LogP contribution in [-0.4, -0.2) is 21.8 Å². The molecule has 5 nitrogen and oxygen atoms in total. The van der Waals surface area contributed by atoms with E-state index < -0.39 is 0 Å². The average Bonchev–Trinajstić information content (AvgIpc) is 2.77. The molecule has 1 aromatic rings. The Bertz CT molecular complexity index is 401. The van der Waals surface area contributed by atoms with Gasteiger partial charge in [0.1, 0.15) is 0 Å². The molecule has 1 aliphatic rings. The number of hydrogen-bond donors (Lipinski definition) is 1. The van der Waals surface area contributed by atoms with Crippen molar-refractivity contribution in [3.63, 3.8) is 0 Å². The first-order valence-electron chi connectivity index (χ1n) is 4.45. The zero-order valence-electron chi connectivity index (χ0n) is 8.31. The second-order valence-electron chi connectivity index (χ2n) is 3.24. The zero-order chi connectivity index (χ0) is 10.1. The van der Waals surface area contributed by atoms with E-state index in [4.69, 9.17) is 5.73 Å². The summed E-state index contributed by atoms with van der Waals surface area (Å²) in [6.45, 7) is 0. The van der Waals surface area contributed by atoms with Gasteiger partial charge in [-0.15, -0.1) is 10.2 Å². The van der Waals surface area contributed by atoms with Crippen molar-refractivity contribution in [2.24, 2.45) is 7.05 Å². The topological polar surface area (TPSA) is 60.0 Å². The van der Waals surface area contributed by atoms with E-state index in [0.717, 1.165) is 18.1 Å². The monoisotopic (exact) mass is 191 g/mol. The predicted molar refractivity (Wildman–Crippen MR) is 55.7 cm³/mol. The van der Waals surface area contributed by atoms with Crippen LogP contribution in [0.25, 0.3) is 0 Å². The van der Waals surface area contributed by atoms with Gasteiger partial charge in [-0.25, -0.2) is 0 Å². The Morgan fingerprint density at radius 1 is 1.50 bits per heavy atom. The van der Waals surface area contributed by atoms with Crippen LogP contribution in [0.15, 0.2) is 23.9 Å². The maximum atomic E-state index is 5.60. The molecular formula is C9H13N5. The number of nitrogens with two attached hydrogens (primary N) is 1. The molecule has 2 N–H and O–H groups in total. The van der Waals surface area contributed by atoms with Crippen molar-refractivity contribution in [1.82, 2.24) is 14.8 Å². The van der Waals surface area contributed by atoms with E-state index in [-0.39, 0.29) is 0 Å².